The predicted octanol–water partition coefficient (Wildman–Crippen LogP) is 1.32. The van der Waals surface area contributed by atoms with Gasteiger partial charge in [0, 0.05) is 5.56 Å². The van der Waals surface area contributed by atoms with Crippen LogP contribution in [0.25, 0.3) is 0 Å². The van der Waals surface area contributed by atoms with Gasteiger partial charge >= 0.3 is 0 Å². The fourth-order valence-corrected chi connectivity index (χ4v) is 3.24. The van der Waals surface area contributed by atoms with E-state index >= 15 is 0 Å². The van der Waals surface area contributed by atoms with Gasteiger partial charge < -0.3 is 11.1 Å². The highest BCUT2D eigenvalue weighted by Gasteiger charge is 2.16. The first-order valence-electron chi connectivity index (χ1n) is 7.46. The Labute approximate surface area is 146 Å². The normalized spacial score (nSPS) is 11.0. The lowest BCUT2D eigenvalue weighted by atomic mass is 10.1. The van der Waals surface area contributed by atoms with E-state index in [-0.39, 0.29) is 17.0 Å². The van der Waals surface area contributed by atoms with Gasteiger partial charge in [-0.15, -0.1) is 0 Å². The number of primary amides is 1. The fraction of sp³-hybridized carbons (Fsp3) is 0.176. The molecular weight excluding hydrogens is 342 g/mol. The molecular formula is C17H19N3O4S. The number of rotatable bonds is 6. The number of anilines is 1. The first-order valence-corrected chi connectivity index (χ1v) is 8.94. The molecule has 25 heavy (non-hydrogen) atoms. The van der Waals surface area contributed by atoms with Crippen LogP contribution in [0.4, 0.5) is 5.69 Å². The molecule has 0 atom stereocenters. The summed E-state index contributed by atoms with van der Waals surface area (Å²) in [4.78, 5) is 22.5. The number of carbonyl (C=O) groups excluding carboxylic acids is 2. The Kier molecular flexibility index (Phi) is 5.43. The molecule has 0 spiro atoms. The predicted molar refractivity (Wildman–Crippen MR) is 94.7 cm³/mol. The second-order valence-corrected chi connectivity index (χ2v) is 7.21. The van der Waals surface area contributed by atoms with E-state index in [4.69, 9.17) is 5.73 Å². The second-order valence-electron chi connectivity index (χ2n) is 5.53. The SMILES string of the molecule is Cc1cccc(NS(=O)(=O)c2ccc(C(=O)NCC(N)=O)cc2)c1C. The van der Waals surface area contributed by atoms with Gasteiger partial charge in [-0.25, -0.2) is 8.42 Å². The molecule has 0 aliphatic rings. The summed E-state index contributed by atoms with van der Waals surface area (Å²) in [5, 5.41) is 2.33. The molecule has 0 saturated carbocycles. The van der Waals surface area contributed by atoms with Crippen molar-refractivity contribution in [2.45, 2.75) is 18.7 Å². The molecule has 0 unspecified atom stereocenters. The van der Waals surface area contributed by atoms with Crippen LogP contribution in [0.1, 0.15) is 21.5 Å². The Bertz CT molecular complexity index is 906. The summed E-state index contributed by atoms with van der Waals surface area (Å²) < 4.78 is 27.5. The molecule has 0 aromatic heterocycles. The average Bonchev–Trinajstić information content (AvgIpc) is 2.57. The number of amides is 2. The molecule has 0 heterocycles. The average molecular weight is 361 g/mol. The van der Waals surface area contributed by atoms with Gasteiger partial charge in [-0.3, -0.25) is 14.3 Å². The van der Waals surface area contributed by atoms with Crippen LogP contribution in [-0.2, 0) is 14.8 Å². The standard InChI is InChI=1S/C17H19N3O4S/c1-11-4-3-5-15(12(11)2)20-25(23,24)14-8-6-13(7-9-14)17(22)19-10-16(18)21/h3-9,20H,10H2,1-2H3,(H2,18,21)(H,19,22). The van der Waals surface area contributed by atoms with Crippen molar-refractivity contribution in [3.05, 3.63) is 59.2 Å². The number of hydrogen-bond acceptors (Lipinski definition) is 4. The van der Waals surface area contributed by atoms with E-state index in [0.717, 1.165) is 11.1 Å². The van der Waals surface area contributed by atoms with Crippen molar-refractivity contribution in [1.82, 2.24) is 5.32 Å². The van der Waals surface area contributed by atoms with Gasteiger partial charge in [-0.1, -0.05) is 12.1 Å². The second kappa shape index (κ2) is 7.35. The van der Waals surface area contributed by atoms with Crippen molar-refractivity contribution in [2.24, 2.45) is 5.73 Å². The minimum Gasteiger partial charge on any atom is -0.368 e. The van der Waals surface area contributed by atoms with E-state index in [0.29, 0.717) is 5.69 Å². The topological polar surface area (TPSA) is 118 Å². The zero-order valence-corrected chi connectivity index (χ0v) is 14.7. The smallest absolute Gasteiger partial charge is 0.261 e. The van der Waals surface area contributed by atoms with Crippen LogP contribution in [0, 0.1) is 13.8 Å². The Hall–Kier alpha value is -2.87. The molecule has 0 fully saturated rings. The fourth-order valence-electron chi connectivity index (χ4n) is 2.12. The van der Waals surface area contributed by atoms with Gasteiger partial charge in [-0.2, -0.15) is 0 Å². The van der Waals surface area contributed by atoms with Crippen molar-refractivity contribution in [1.29, 1.82) is 0 Å². The monoisotopic (exact) mass is 361 g/mol. The third-order valence-corrected chi connectivity index (χ3v) is 5.08. The first-order chi connectivity index (χ1) is 11.7. The van der Waals surface area contributed by atoms with E-state index < -0.39 is 21.8 Å². The van der Waals surface area contributed by atoms with Crippen LogP contribution in [0.15, 0.2) is 47.4 Å². The molecule has 7 nitrogen and oxygen atoms in total. The Morgan fingerprint density at radius 3 is 2.28 bits per heavy atom. The number of nitrogens with two attached hydrogens (primary N) is 1. The van der Waals surface area contributed by atoms with Crippen molar-refractivity contribution >= 4 is 27.5 Å². The van der Waals surface area contributed by atoms with Gasteiger partial charge in [0.05, 0.1) is 17.1 Å². The molecule has 0 aliphatic heterocycles. The molecule has 0 aliphatic carbocycles. The van der Waals surface area contributed by atoms with Gasteiger partial charge in [0.1, 0.15) is 0 Å². The molecule has 8 heteroatoms. The highest BCUT2D eigenvalue weighted by molar-refractivity contribution is 7.92. The maximum atomic E-state index is 12.5. The molecule has 0 bridgehead atoms. The van der Waals surface area contributed by atoms with Crippen LogP contribution >= 0.6 is 0 Å². The maximum absolute atomic E-state index is 12.5. The molecule has 2 rings (SSSR count). The summed E-state index contributed by atoms with van der Waals surface area (Å²) in [6, 6.07) is 10.7. The Balaban J connectivity index is 2.19. The largest absolute Gasteiger partial charge is 0.368 e. The van der Waals surface area contributed by atoms with Crippen LogP contribution in [0.5, 0.6) is 0 Å². The van der Waals surface area contributed by atoms with Crippen LogP contribution in [-0.4, -0.2) is 26.8 Å². The quantitative estimate of drug-likeness (QED) is 0.719. The van der Waals surface area contributed by atoms with Gasteiger partial charge in [0.2, 0.25) is 5.91 Å². The lowest BCUT2D eigenvalue weighted by molar-refractivity contribution is -0.117. The molecule has 0 saturated heterocycles. The lowest BCUT2D eigenvalue weighted by Crippen LogP contribution is -2.33. The minimum atomic E-state index is -3.78. The maximum Gasteiger partial charge on any atom is 0.261 e. The highest BCUT2D eigenvalue weighted by Crippen LogP contribution is 2.22. The van der Waals surface area contributed by atoms with E-state index in [2.05, 4.69) is 10.0 Å². The summed E-state index contributed by atoms with van der Waals surface area (Å²) in [5.74, 6) is -1.17. The van der Waals surface area contributed by atoms with Crippen LogP contribution < -0.4 is 15.8 Å². The lowest BCUT2D eigenvalue weighted by Gasteiger charge is -2.12. The first kappa shape index (κ1) is 18.5. The van der Waals surface area contributed by atoms with E-state index in [9.17, 15) is 18.0 Å². The van der Waals surface area contributed by atoms with Crippen LogP contribution in [0.2, 0.25) is 0 Å². The molecule has 132 valence electrons. The Morgan fingerprint density at radius 2 is 1.68 bits per heavy atom. The number of aryl methyl sites for hydroxylation is 1. The third-order valence-electron chi connectivity index (χ3n) is 3.70. The summed E-state index contributed by atoms with van der Waals surface area (Å²) in [5.41, 5.74) is 7.50. The van der Waals surface area contributed by atoms with Crippen molar-refractivity contribution in [2.75, 3.05) is 11.3 Å². The summed E-state index contributed by atoms with van der Waals surface area (Å²) in [6.45, 7) is 3.44. The number of benzene rings is 2. The van der Waals surface area contributed by atoms with E-state index in [1.54, 1.807) is 12.1 Å². The third kappa shape index (κ3) is 4.57. The van der Waals surface area contributed by atoms with Crippen molar-refractivity contribution < 1.29 is 18.0 Å². The molecule has 2 aromatic carbocycles. The molecule has 4 N–H and O–H groups in total. The zero-order chi connectivity index (χ0) is 18.6. The van der Waals surface area contributed by atoms with Gasteiger partial charge in [0.25, 0.3) is 15.9 Å². The highest BCUT2D eigenvalue weighted by atomic mass is 32.2. The van der Waals surface area contributed by atoms with Gasteiger partial charge in [-0.05, 0) is 55.3 Å². The zero-order valence-electron chi connectivity index (χ0n) is 13.9. The number of hydrogen-bond donors (Lipinski definition) is 3. The van der Waals surface area contributed by atoms with Gasteiger partial charge in [0.15, 0.2) is 0 Å². The summed E-state index contributed by atoms with van der Waals surface area (Å²) in [6.07, 6.45) is 0. The summed E-state index contributed by atoms with van der Waals surface area (Å²) in [7, 11) is -3.78. The number of nitrogens with one attached hydrogen (secondary N) is 2. The summed E-state index contributed by atoms with van der Waals surface area (Å²) >= 11 is 0. The van der Waals surface area contributed by atoms with E-state index in [1.807, 2.05) is 19.9 Å². The minimum absolute atomic E-state index is 0.0276. The van der Waals surface area contributed by atoms with Crippen molar-refractivity contribution in [3.63, 3.8) is 0 Å². The van der Waals surface area contributed by atoms with Crippen LogP contribution in [0.3, 0.4) is 0 Å². The van der Waals surface area contributed by atoms with Crippen molar-refractivity contribution in [3.8, 4) is 0 Å². The molecule has 2 amide bonds. The molecule has 0 radical (unpaired) electrons. The molecule has 2 aromatic rings. The number of sulfonamides is 1. The van der Waals surface area contributed by atoms with E-state index in [1.165, 1.54) is 24.3 Å². The Morgan fingerprint density at radius 1 is 1.04 bits per heavy atom. The number of carbonyl (C=O) groups is 2.